The molecule has 0 spiro atoms. The van der Waals surface area contributed by atoms with Gasteiger partial charge in [-0.2, -0.15) is 0 Å². The molecule has 7 nitrogen and oxygen atoms in total. The zero-order chi connectivity index (χ0) is 18.5. The summed E-state index contributed by atoms with van der Waals surface area (Å²) < 4.78 is 4.89. The van der Waals surface area contributed by atoms with Crippen LogP contribution in [-0.2, 0) is 9.53 Å². The first-order valence-electron chi connectivity index (χ1n) is 8.95. The van der Waals surface area contributed by atoms with Crippen LogP contribution >= 0.6 is 11.3 Å². The van der Waals surface area contributed by atoms with Crippen molar-refractivity contribution in [3.63, 3.8) is 0 Å². The second kappa shape index (κ2) is 6.26. The molecule has 3 fully saturated rings. The lowest BCUT2D eigenvalue weighted by molar-refractivity contribution is -0.149. The number of amides is 2. The largest absolute Gasteiger partial charge is 0.481 e. The first-order valence-corrected chi connectivity index (χ1v) is 9.83. The van der Waals surface area contributed by atoms with Gasteiger partial charge in [-0.15, -0.1) is 11.3 Å². The van der Waals surface area contributed by atoms with E-state index in [4.69, 9.17) is 4.74 Å². The van der Waals surface area contributed by atoms with Crippen molar-refractivity contribution >= 4 is 34.3 Å². The number of thiophene rings is 1. The molecule has 1 saturated heterocycles. The normalized spacial score (nSPS) is 27.3. The number of fused-ring (bicyclic) bond motifs is 1. The fourth-order valence-electron chi connectivity index (χ4n) is 4.44. The highest BCUT2D eigenvalue weighted by Gasteiger charge is 2.55. The molecule has 1 aliphatic heterocycles. The average molecular weight is 378 g/mol. The van der Waals surface area contributed by atoms with Crippen molar-refractivity contribution < 1.29 is 24.2 Å². The fraction of sp³-hybridized carbons (Fsp3) is 0.611. The topological polar surface area (TPSA) is 95.9 Å². The van der Waals surface area contributed by atoms with Crippen LogP contribution in [0.4, 0.5) is 9.80 Å². The summed E-state index contributed by atoms with van der Waals surface area (Å²) in [4.78, 5) is 38.3. The van der Waals surface area contributed by atoms with E-state index in [9.17, 15) is 19.5 Å². The number of nitrogens with zero attached hydrogens (tertiary/aromatic N) is 1. The number of esters is 1. The van der Waals surface area contributed by atoms with Crippen LogP contribution in [0.1, 0.15) is 53.9 Å². The Hall–Kier alpha value is -2.09. The summed E-state index contributed by atoms with van der Waals surface area (Å²) in [6.45, 7) is 0.680. The predicted molar refractivity (Wildman–Crippen MR) is 95.6 cm³/mol. The molecule has 2 atom stereocenters. The molecule has 26 heavy (non-hydrogen) atoms. The van der Waals surface area contributed by atoms with E-state index in [0.717, 1.165) is 31.2 Å². The number of carboxylic acids is 1. The van der Waals surface area contributed by atoms with E-state index in [-0.39, 0.29) is 18.5 Å². The van der Waals surface area contributed by atoms with Crippen LogP contribution in [0.25, 0.3) is 0 Å². The first kappa shape index (κ1) is 17.3. The van der Waals surface area contributed by atoms with Crippen LogP contribution in [0.3, 0.4) is 0 Å². The van der Waals surface area contributed by atoms with Gasteiger partial charge in [-0.25, -0.2) is 9.59 Å². The van der Waals surface area contributed by atoms with E-state index in [1.54, 1.807) is 4.90 Å². The number of likely N-dealkylation sites (tertiary alicyclic amines) is 1. The number of methoxy groups -OCH3 is 1. The third kappa shape index (κ3) is 2.67. The molecule has 8 heteroatoms. The fourth-order valence-corrected chi connectivity index (χ4v) is 5.46. The number of carbonyl (C=O) groups is 3. The molecule has 1 aromatic heterocycles. The highest BCUT2D eigenvalue weighted by molar-refractivity contribution is 7.15. The van der Waals surface area contributed by atoms with E-state index in [1.165, 1.54) is 18.4 Å². The number of carboxylic acid groups (broad SMARTS) is 1. The maximum Gasteiger partial charge on any atom is 0.341 e. The highest BCUT2D eigenvalue weighted by Crippen LogP contribution is 2.49. The van der Waals surface area contributed by atoms with Crippen LogP contribution in [0.2, 0.25) is 0 Å². The van der Waals surface area contributed by atoms with Crippen molar-refractivity contribution in [2.75, 3.05) is 25.5 Å². The van der Waals surface area contributed by atoms with Crippen molar-refractivity contribution in [2.24, 2.45) is 11.3 Å². The molecule has 0 unspecified atom stereocenters. The zero-order valence-corrected chi connectivity index (χ0v) is 15.4. The number of nitrogens with one attached hydrogen (secondary N) is 1. The quantitative estimate of drug-likeness (QED) is 0.785. The molecule has 1 aromatic rings. The van der Waals surface area contributed by atoms with E-state index in [1.807, 2.05) is 5.38 Å². The van der Waals surface area contributed by atoms with Gasteiger partial charge in [-0.3, -0.25) is 10.1 Å². The van der Waals surface area contributed by atoms with Gasteiger partial charge in [0.25, 0.3) is 0 Å². The van der Waals surface area contributed by atoms with Gasteiger partial charge in [-0.05, 0) is 48.5 Å². The van der Waals surface area contributed by atoms with Crippen LogP contribution in [0.5, 0.6) is 0 Å². The number of anilines is 1. The standard InChI is InChI=1S/C18H22N2O5S/c1-25-15(21)13-12(10-4-5-10)8-26-14(13)19-17(24)20-7-11-3-2-6-18(11,9-20)16(22)23/h8,10-11H,2-7,9H2,1H3,(H,19,24)(H,22,23)/t11-,18+/m0/s1. The van der Waals surface area contributed by atoms with Gasteiger partial charge < -0.3 is 14.7 Å². The molecular formula is C18H22N2O5S. The molecule has 3 aliphatic rings. The van der Waals surface area contributed by atoms with Crippen molar-refractivity contribution in [1.29, 1.82) is 0 Å². The van der Waals surface area contributed by atoms with Gasteiger partial charge in [0.05, 0.1) is 18.1 Å². The second-order valence-electron chi connectivity index (χ2n) is 7.52. The Morgan fingerprint density at radius 2 is 2.12 bits per heavy atom. The Kier molecular flexibility index (Phi) is 4.17. The number of rotatable bonds is 4. The minimum Gasteiger partial charge on any atom is -0.481 e. The Balaban J connectivity index is 1.53. The number of hydrogen-bond donors (Lipinski definition) is 2. The molecule has 2 heterocycles. The lowest BCUT2D eigenvalue weighted by Crippen LogP contribution is -2.38. The molecule has 0 aromatic carbocycles. The van der Waals surface area contributed by atoms with Gasteiger partial charge in [0.2, 0.25) is 0 Å². The summed E-state index contributed by atoms with van der Waals surface area (Å²) in [7, 11) is 1.33. The van der Waals surface area contributed by atoms with E-state index < -0.39 is 17.4 Å². The van der Waals surface area contributed by atoms with Crippen LogP contribution in [0, 0.1) is 11.3 Å². The number of urea groups is 1. The SMILES string of the molecule is COC(=O)c1c(C2CC2)csc1NC(=O)N1C[C@@H]2CCC[C@@]2(C(=O)O)C1. The van der Waals surface area contributed by atoms with Crippen LogP contribution < -0.4 is 5.32 Å². The zero-order valence-electron chi connectivity index (χ0n) is 14.6. The third-order valence-electron chi connectivity index (χ3n) is 6.03. The molecule has 2 aliphatic carbocycles. The van der Waals surface area contributed by atoms with Gasteiger partial charge in [0.1, 0.15) is 5.00 Å². The molecule has 4 rings (SSSR count). The van der Waals surface area contributed by atoms with E-state index >= 15 is 0 Å². The van der Waals surface area contributed by atoms with Gasteiger partial charge in [0.15, 0.2) is 0 Å². The minimum atomic E-state index is -0.808. The Labute approximate surface area is 155 Å². The van der Waals surface area contributed by atoms with Crippen molar-refractivity contribution in [3.8, 4) is 0 Å². The van der Waals surface area contributed by atoms with Crippen molar-refractivity contribution in [3.05, 3.63) is 16.5 Å². The van der Waals surface area contributed by atoms with Crippen molar-refractivity contribution in [2.45, 2.75) is 38.0 Å². The van der Waals surface area contributed by atoms with Gasteiger partial charge >= 0.3 is 18.0 Å². The number of aliphatic carboxylic acids is 1. The summed E-state index contributed by atoms with van der Waals surface area (Å²) >= 11 is 1.33. The summed E-state index contributed by atoms with van der Waals surface area (Å²) in [5, 5.41) is 14.9. The minimum absolute atomic E-state index is 0.0104. The molecule has 0 bridgehead atoms. The first-order chi connectivity index (χ1) is 12.5. The lowest BCUT2D eigenvalue weighted by atomic mass is 9.81. The summed E-state index contributed by atoms with van der Waals surface area (Å²) in [6.07, 6.45) is 4.45. The van der Waals surface area contributed by atoms with Crippen LogP contribution in [-0.4, -0.2) is 48.2 Å². The predicted octanol–water partition coefficient (Wildman–Crippen LogP) is 3.13. The summed E-state index contributed by atoms with van der Waals surface area (Å²) in [5.74, 6) is -0.870. The average Bonchev–Trinajstić information content (AvgIpc) is 3.07. The number of carbonyl (C=O) groups excluding carboxylic acids is 2. The molecular weight excluding hydrogens is 356 g/mol. The lowest BCUT2D eigenvalue weighted by Gasteiger charge is -2.23. The van der Waals surface area contributed by atoms with E-state index in [2.05, 4.69) is 5.32 Å². The monoisotopic (exact) mass is 378 g/mol. The second-order valence-corrected chi connectivity index (χ2v) is 8.40. The van der Waals surface area contributed by atoms with Crippen molar-refractivity contribution in [1.82, 2.24) is 4.90 Å². The molecule has 2 N–H and O–H groups in total. The molecule has 2 amide bonds. The van der Waals surface area contributed by atoms with Gasteiger partial charge in [0, 0.05) is 13.1 Å². The van der Waals surface area contributed by atoms with Crippen LogP contribution in [0.15, 0.2) is 5.38 Å². The number of ether oxygens (including phenoxy) is 1. The Bertz CT molecular complexity index is 772. The van der Waals surface area contributed by atoms with E-state index in [0.29, 0.717) is 29.4 Å². The summed E-state index contributed by atoms with van der Waals surface area (Å²) in [6, 6.07) is -0.339. The highest BCUT2D eigenvalue weighted by atomic mass is 32.1. The molecule has 2 saturated carbocycles. The smallest absolute Gasteiger partial charge is 0.341 e. The Morgan fingerprint density at radius 3 is 2.73 bits per heavy atom. The molecule has 140 valence electrons. The van der Waals surface area contributed by atoms with Gasteiger partial charge in [-0.1, -0.05) is 6.42 Å². The summed E-state index contributed by atoms with van der Waals surface area (Å²) in [5.41, 5.74) is 0.579. The molecule has 0 radical (unpaired) electrons. The Morgan fingerprint density at radius 1 is 1.35 bits per heavy atom. The number of hydrogen-bond acceptors (Lipinski definition) is 5. The maximum atomic E-state index is 12.7. The maximum absolute atomic E-state index is 12.7. The third-order valence-corrected chi connectivity index (χ3v) is 6.94.